The molecule has 1 unspecified atom stereocenters. The second-order valence-corrected chi connectivity index (χ2v) is 11.6. The third-order valence-corrected chi connectivity index (χ3v) is 8.88. The summed E-state index contributed by atoms with van der Waals surface area (Å²) < 4.78 is 5.32. The van der Waals surface area contributed by atoms with E-state index in [1.54, 1.807) is 7.11 Å². The van der Waals surface area contributed by atoms with Crippen LogP contribution in [-0.4, -0.2) is 13.3 Å². The normalized spacial score (nSPS) is 12.3. The van der Waals surface area contributed by atoms with Crippen molar-refractivity contribution in [2.75, 3.05) is 13.3 Å². The van der Waals surface area contributed by atoms with Gasteiger partial charge < -0.3 is 4.74 Å². The summed E-state index contributed by atoms with van der Waals surface area (Å²) in [6.45, 7) is 2.09. The second-order valence-electron chi connectivity index (χ2n) is 7.38. The summed E-state index contributed by atoms with van der Waals surface area (Å²) >= 11 is 3.90. The lowest BCUT2D eigenvalue weighted by atomic mass is 10.0. The number of ether oxygens (including phenoxy) is 1. The van der Waals surface area contributed by atoms with E-state index in [2.05, 4.69) is 40.6 Å². The van der Waals surface area contributed by atoms with Crippen LogP contribution >= 0.6 is 22.1 Å². The molecule has 0 aliphatic heterocycles. The molecule has 0 fully saturated rings. The van der Waals surface area contributed by atoms with Crippen molar-refractivity contribution < 1.29 is 4.74 Å². The second kappa shape index (κ2) is 17.1. The molecule has 26 heavy (non-hydrogen) atoms. The van der Waals surface area contributed by atoms with Crippen molar-refractivity contribution in [3.63, 3.8) is 0 Å². The number of hydrogen-bond donors (Lipinski definition) is 0. The van der Waals surface area contributed by atoms with Crippen LogP contribution in [0.4, 0.5) is 0 Å². The van der Waals surface area contributed by atoms with Crippen molar-refractivity contribution >= 4 is 27.4 Å². The first-order valence-electron chi connectivity index (χ1n) is 10.8. The average Bonchev–Trinajstić information content (AvgIpc) is 2.68. The van der Waals surface area contributed by atoms with Gasteiger partial charge in [0.15, 0.2) is 0 Å². The predicted octanol–water partition coefficient (Wildman–Crippen LogP) is 8.59. The Labute approximate surface area is 172 Å². The van der Waals surface area contributed by atoms with Gasteiger partial charge in [-0.3, -0.25) is 0 Å². The van der Waals surface area contributed by atoms with Gasteiger partial charge in [0.2, 0.25) is 0 Å². The fraction of sp³-hybridized carbons (Fsp3) is 0.739. The molecule has 1 rings (SSSR count). The number of halogens is 1. The number of hydrogen-bond acceptors (Lipinski definition) is 1. The molecule has 150 valence electrons. The highest BCUT2D eigenvalue weighted by atomic mass is 79.9. The fourth-order valence-electron chi connectivity index (χ4n) is 3.34. The van der Waals surface area contributed by atoms with Crippen molar-refractivity contribution in [1.82, 2.24) is 0 Å². The van der Waals surface area contributed by atoms with Gasteiger partial charge in [-0.2, -0.15) is 0 Å². The van der Waals surface area contributed by atoms with Gasteiger partial charge in [-0.25, -0.2) is 0 Å². The van der Waals surface area contributed by atoms with E-state index in [9.17, 15) is 0 Å². The maximum atomic E-state index is 5.32. The molecule has 0 heterocycles. The first-order valence-corrected chi connectivity index (χ1v) is 14.4. The molecule has 0 bridgehead atoms. The van der Waals surface area contributed by atoms with E-state index in [0.717, 1.165) is 5.75 Å². The van der Waals surface area contributed by atoms with Gasteiger partial charge in [0, 0.05) is 0 Å². The maximum absolute atomic E-state index is 5.32. The van der Waals surface area contributed by atoms with Crippen LogP contribution in [0.5, 0.6) is 5.75 Å². The number of methoxy groups -OCH3 is 1. The molecule has 0 aliphatic carbocycles. The van der Waals surface area contributed by atoms with E-state index in [1.165, 1.54) is 101 Å². The summed E-state index contributed by atoms with van der Waals surface area (Å²) in [6, 6.07) is 8.50. The lowest BCUT2D eigenvalue weighted by molar-refractivity contribution is 0.415. The zero-order chi connectivity index (χ0) is 18.9. The Morgan fingerprint density at radius 2 is 1.27 bits per heavy atom. The summed E-state index contributed by atoms with van der Waals surface area (Å²) in [6.07, 6.45) is 21.3. The molecular formula is C23H40BrOP. The third-order valence-electron chi connectivity index (χ3n) is 5.04. The minimum absolute atomic E-state index is 0.206. The summed E-state index contributed by atoms with van der Waals surface area (Å²) in [7, 11) is 1.74. The minimum atomic E-state index is -0.206. The smallest absolute Gasteiger partial charge is 0.119 e. The van der Waals surface area contributed by atoms with E-state index in [4.69, 9.17) is 4.74 Å². The summed E-state index contributed by atoms with van der Waals surface area (Å²) in [5.74, 6) is 0.968. The summed E-state index contributed by atoms with van der Waals surface area (Å²) in [5.41, 5.74) is 0. The van der Waals surface area contributed by atoms with Crippen LogP contribution in [0.15, 0.2) is 24.3 Å². The van der Waals surface area contributed by atoms with Crippen LogP contribution in [0.25, 0.3) is 0 Å². The monoisotopic (exact) mass is 442 g/mol. The highest BCUT2D eigenvalue weighted by molar-refractivity contribution is 9.40. The highest BCUT2D eigenvalue weighted by Gasteiger charge is 2.07. The molecule has 3 heteroatoms. The quantitative estimate of drug-likeness (QED) is 0.173. The molecular weight excluding hydrogens is 403 g/mol. The molecule has 0 radical (unpaired) electrons. The molecule has 1 aromatic rings. The zero-order valence-corrected chi connectivity index (χ0v) is 19.6. The Kier molecular flexibility index (Phi) is 15.7. The van der Waals surface area contributed by atoms with Gasteiger partial charge in [-0.05, 0) is 36.6 Å². The molecule has 0 aliphatic rings. The molecule has 1 aromatic carbocycles. The van der Waals surface area contributed by atoms with Crippen LogP contribution in [0.3, 0.4) is 0 Å². The molecule has 0 saturated carbocycles. The van der Waals surface area contributed by atoms with Gasteiger partial charge in [-0.1, -0.05) is 118 Å². The number of rotatable bonds is 17. The SMILES string of the molecule is CCCCCCCCCCCCCCCCP(Br)c1cccc(OC)c1. The van der Waals surface area contributed by atoms with E-state index in [0.29, 0.717) is 0 Å². The van der Waals surface area contributed by atoms with Crippen LogP contribution in [0, 0.1) is 0 Å². The van der Waals surface area contributed by atoms with Gasteiger partial charge in [0.1, 0.15) is 5.75 Å². The van der Waals surface area contributed by atoms with Gasteiger partial charge >= 0.3 is 0 Å². The van der Waals surface area contributed by atoms with Gasteiger partial charge in [0.25, 0.3) is 0 Å². The van der Waals surface area contributed by atoms with Crippen molar-refractivity contribution in [2.24, 2.45) is 0 Å². The van der Waals surface area contributed by atoms with Crippen LogP contribution in [0.2, 0.25) is 0 Å². The first kappa shape index (κ1) is 24.0. The minimum Gasteiger partial charge on any atom is -0.497 e. The van der Waals surface area contributed by atoms with Crippen molar-refractivity contribution in [3.8, 4) is 5.75 Å². The van der Waals surface area contributed by atoms with Crippen molar-refractivity contribution in [1.29, 1.82) is 0 Å². The van der Waals surface area contributed by atoms with E-state index >= 15 is 0 Å². The fourth-order valence-corrected chi connectivity index (χ4v) is 6.02. The third kappa shape index (κ3) is 12.3. The van der Waals surface area contributed by atoms with Gasteiger partial charge in [0.05, 0.1) is 7.11 Å². The predicted molar refractivity (Wildman–Crippen MR) is 124 cm³/mol. The van der Waals surface area contributed by atoms with Crippen LogP contribution in [0.1, 0.15) is 96.8 Å². The highest BCUT2D eigenvalue weighted by Crippen LogP contribution is 2.44. The Bertz CT molecular complexity index is 438. The van der Waals surface area contributed by atoms with E-state index in [-0.39, 0.29) is 6.62 Å². The van der Waals surface area contributed by atoms with E-state index < -0.39 is 0 Å². The largest absolute Gasteiger partial charge is 0.497 e. The maximum Gasteiger partial charge on any atom is 0.119 e. The summed E-state index contributed by atoms with van der Waals surface area (Å²) in [4.78, 5) is 0. The lowest BCUT2D eigenvalue weighted by Crippen LogP contribution is -2.00. The van der Waals surface area contributed by atoms with Gasteiger partial charge in [-0.15, -0.1) is 0 Å². The Morgan fingerprint density at radius 3 is 1.77 bits per heavy atom. The molecule has 0 amide bonds. The molecule has 0 N–H and O–H groups in total. The molecule has 0 saturated heterocycles. The molecule has 0 spiro atoms. The first-order chi connectivity index (χ1) is 12.8. The molecule has 1 atom stereocenters. The standard InChI is InChI=1S/C23H40BrOP/c1-3-4-5-6-7-8-9-10-11-12-13-14-15-16-20-26(24)23-19-17-18-22(21-23)25-2/h17-19,21H,3-16,20H2,1-2H3. The van der Waals surface area contributed by atoms with Crippen LogP contribution in [-0.2, 0) is 0 Å². The Balaban J connectivity index is 1.88. The lowest BCUT2D eigenvalue weighted by Gasteiger charge is -2.11. The van der Waals surface area contributed by atoms with E-state index in [1.807, 2.05) is 6.07 Å². The molecule has 1 nitrogen and oxygen atoms in total. The Hall–Kier alpha value is -0.0700. The van der Waals surface area contributed by atoms with Crippen molar-refractivity contribution in [2.45, 2.75) is 96.8 Å². The topological polar surface area (TPSA) is 9.23 Å². The average molecular weight is 443 g/mol. The number of benzene rings is 1. The zero-order valence-electron chi connectivity index (χ0n) is 17.1. The Morgan fingerprint density at radius 1 is 0.769 bits per heavy atom. The number of unbranched alkanes of at least 4 members (excludes halogenated alkanes) is 13. The molecule has 0 aromatic heterocycles. The summed E-state index contributed by atoms with van der Waals surface area (Å²) in [5, 5.41) is 1.40. The van der Waals surface area contributed by atoms with Crippen molar-refractivity contribution in [3.05, 3.63) is 24.3 Å². The van der Waals surface area contributed by atoms with Crippen LogP contribution < -0.4 is 10.0 Å².